The van der Waals surface area contributed by atoms with Crippen LogP contribution in [0.1, 0.15) is 79.1 Å². The molecule has 1 amide bonds. The molecular formula is C32H47N5O6S. The molecule has 11 atom stereocenters. The Morgan fingerprint density at radius 3 is 2.45 bits per heavy atom. The average molecular weight is 630 g/mol. The maximum atomic E-state index is 12.8. The molecule has 4 aliphatic carbocycles. The van der Waals surface area contributed by atoms with Crippen LogP contribution in [0.4, 0.5) is 4.79 Å². The van der Waals surface area contributed by atoms with Crippen molar-refractivity contribution in [1.82, 2.24) is 24.9 Å². The molecule has 44 heavy (non-hydrogen) atoms. The molecule has 4 saturated carbocycles. The number of benzene rings is 1. The normalized spacial score (nSPS) is 39.0. The van der Waals surface area contributed by atoms with E-state index in [9.17, 15) is 23.4 Å². The van der Waals surface area contributed by atoms with Crippen LogP contribution in [0, 0.1) is 52.3 Å². The van der Waals surface area contributed by atoms with Crippen LogP contribution in [0.3, 0.4) is 0 Å². The van der Waals surface area contributed by atoms with E-state index in [1.54, 1.807) is 12.1 Å². The highest BCUT2D eigenvalue weighted by atomic mass is 32.2. The lowest BCUT2D eigenvalue weighted by Gasteiger charge is -2.64. The summed E-state index contributed by atoms with van der Waals surface area (Å²) in [6.45, 7) is 9.22. The zero-order chi connectivity index (χ0) is 31.4. The molecule has 1 heterocycles. The van der Waals surface area contributed by atoms with E-state index in [0.29, 0.717) is 29.4 Å². The second kappa shape index (κ2) is 11.7. The first-order valence-electron chi connectivity index (χ1n) is 16.3. The van der Waals surface area contributed by atoms with Crippen molar-refractivity contribution in [2.45, 2.75) is 96.2 Å². The van der Waals surface area contributed by atoms with Crippen molar-refractivity contribution in [2.75, 3.05) is 6.61 Å². The SMILES string of the molecule is CC[C@H]1[C@@H](O)[C@@H]2[C@H](CC[C@]3(C)[C@@H]([C@H](C)COC(=O)NS(=O)(=O)c4ccc(-n5cnnn5)cc4)CC[C@@H]23)[C@@]2(C)CC[C@@H](O)C[C@@H]12. The topological polar surface area (TPSA) is 157 Å². The molecule has 6 rings (SSSR count). The maximum Gasteiger partial charge on any atom is 0.421 e. The minimum absolute atomic E-state index is 0.0184. The first-order valence-corrected chi connectivity index (χ1v) is 17.8. The van der Waals surface area contributed by atoms with Crippen molar-refractivity contribution >= 4 is 16.1 Å². The second-order valence-corrected chi connectivity index (χ2v) is 16.2. The number of aliphatic hydroxyl groups excluding tert-OH is 2. The zero-order valence-electron chi connectivity index (χ0n) is 26.2. The van der Waals surface area contributed by atoms with Gasteiger partial charge in [-0.15, -0.1) is 5.10 Å². The highest BCUT2D eigenvalue weighted by Gasteiger charge is 2.64. The minimum atomic E-state index is -4.12. The number of aliphatic hydroxyl groups is 2. The molecule has 12 heteroatoms. The van der Waals surface area contributed by atoms with Crippen molar-refractivity contribution in [3.8, 4) is 5.69 Å². The van der Waals surface area contributed by atoms with E-state index in [2.05, 4.69) is 43.2 Å². The molecule has 2 aromatic rings. The van der Waals surface area contributed by atoms with E-state index in [0.717, 1.165) is 51.4 Å². The van der Waals surface area contributed by atoms with E-state index in [-0.39, 0.29) is 52.3 Å². The molecule has 1 aromatic carbocycles. The molecule has 0 radical (unpaired) electrons. The zero-order valence-corrected chi connectivity index (χ0v) is 27.0. The van der Waals surface area contributed by atoms with Crippen molar-refractivity contribution in [2.24, 2.45) is 52.3 Å². The van der Waals surface area contributed by atoms with Gasteiger partial charge in [0.25, 0.3) is 10.0 Å². The van der Waals surface area contributed by atoms with Gasteiger partial charge < -0.3 is 14.9 Å². The first kappa shape index (κ1) is 31.4. The monoisotopic (exact) mass is 629 g/mol. The fourth-order valence-corrected chi connectivity index (χ4v) is 11.4. The number of amides is 1. The van der Waals surface area contributed by atoms with Gasteiger partial charge in [-0.3, -0.25) is 0 Å². The lowest BCUT2D eigenvalue weighted by atomic mass is 9.41. The predicted molar refractivity (Wildman–Crippen MR) is 162 cm³/mol. The third-order valence-corrected chi connectivity index (χ3v) is 13.9. The van der Waals surface area contributed by atoms with E-state index in [1.807, 2.05) is 4.72 Å². The van der Waals surface area contributed by atoms with Crippen molar-refractivity contribution in [3.63, 3.8) is 0 Å². The molecule has 3 N–H and O–H groups in total. The van der Waals surface area contributed by atoms with Crippen LogP contribution in [0.5, 0.6) is 0 Å². The van der Waals surface area contributed by atoms with Crippen LogP contribution >= 0.6 is 0 Å². The summed E-state index contributed by atoms with van der Waals surface area (Å²) in [5.74, 6) is 2.02. The van der Waals surface area contributed by atoms with Crippen LogP contribution in [-0.4, -0.2) is 63.7 Å². The second-order valence-electron chi connectivity index (χ2n) is 14.6. The van der Waals surface area contributed by atoms with Crippen LogP contribution in [0.2, 0.25) is 0 Å². The van der Waals surface area contributed by atoms with Crippen molar-refractivity contribution in [1.29, 1.82) is 0 Å². The van der Waals surface area contributed by atoms with Gasteiger partial charge in [-0.05, 0) is 132 Å². The number of tetrazole rings is 1. The summed E-state index contributed by atoms with van der Waals surface area (Å²) in [5, 5.41) is 33.4. The van der Waals surface area contributed by atoms with E-state index in [4.69, 9.17) is 4.74 Å². The molecule has 11 nitrogen and oxygen atoms in total. The number of ether oxygens (including phenoxy) is 1. The number of nitrogens with zero attached hydrogens (tertiary/aromatic N) is 4. The summed E-state index contributed by atoms with van der Waals surface area (Å²) in [4.78, 5) is 12.6. The Balaban J connectivity index is 1.10. The summed E-state index contributed by atoms with van der Waals surface area (Å²) in [6.07, 6.45) is 7.60. The highest BCUT2D eigenvalue weighted by molar-refractivity contribution is 7.90. The molecule has 0 aliphatic heterocycles. The summed E-state index contributed by atoms with van der Waals surface area (Å²) in [6, 6.07) is 5.86. The quantitative estimate of drug-likeness (QED) is 0.405. The Kier molecular flexibility index (Phi) is 8.32. The number of rotatable bonds is 7. The molecule has 0 unspecified atom stereocenters. The Bertz CT molecular complexity index is 1440. The number of hydrogen-bond acceptors (Lipinski definition) is 9. The molecule has 0 saturated heterocycles. The fourth-order valence-electron chi connectivity index (χ4n) is 10.5. The fraction of sp³-hybridized carbons (Fsp3) is 0.750. The molecule has 4 fully saturated rings. The average Bonchev–Trinajstić information content (AvgIpc) is 3.65. The lowest BCUT2D eigenvalue weighted by Crippen LogP contribution is -2.62. The van der Waals surface area contributed by atoms with Crippen molar-refractivity contribution in [3.05, 3.63) is 30.6 Å². The van der Waals surface area contributed by atoms with Gasteiger partial charge in [-0.25, -0.2) is 22.6 Å². The van der Waals surface area contributed by atoms with Crippen LogP contribution in [0.15, 0.2) is 35.5 Å². The number of carbonyl (C=O) groups is 1. The van der Waals surface area contributed by atoms with Gasteiger partial charge in [0.05, 0.1) is 29.4 Å². The maximum absolute atomic E-state index is 12.8. The number of aromatic nitrogens is 4. The van der Waals surface area contributed by atoms with Crippen LogP contribution in [0.25, 0.3) is 5.69 Å². The van der Waals surface area contributed by atoms with Crippen molar-refractivity contribution < 1.29 is 28.2 Å². The number of nitrogens with one attached hydrogen (secondary N) is 1. The standard InChI is InChI=1S/C32H47N5O6S/c1-5-23-27-16-21(38)12-14-32(27,4)26-13-15-31(3)24(10-11-25(31)28(26)29(23)39)19(2)17-43-30(40)34-44(41,42)22-8-6-20(7-9-22)37-18-33-35-36-37/h6-9,18-19,21,23-29,38-39H,5,10-17H2,1-4H3,(H,34,40)/t19-,21-,23-,24-,25+,26+,27+,28+,29-,31-,32-/m1/s1. The summed E-state index contributed by atoms with van der Waals surface area (Å²) in [7, 11) is -4.12. The molecule has 1 aromatic heterocycles. The van der Waals surface area contributed by atoms with Gasteiger partial charge in [-0.2, -0.15) is 0 Å². The Morgan fingerprint density at radius 1 is 1.07 bits per heavy atom. The third kappa shape index (κ3) is 5.24. The summed E-state index contributed by atoms with van der Waals surface area (Å²) in [5.41, 5.74) is 0.750. The highest BCUT2D eigenvalue weighted by Crippen LogP contribution is 2.69. The summed E-state index contributed by atoms with van der Waals surface area (Å²) >= 11 is 0. The van der Waals surface area contributed by atoms with Gasteiger partial charge in [0.15, 0.2) is 0 Å². The van der Waals surface area contributed by atoms with Gasteiger partial charge in [-0.1, -0.05) is 34.1 Å². The Labute approximate surface area is 260 Å². The smallest absolute Gasteiger partial charge is 0.421 e. The van der Waals surface area contributed by atoms with E-state index < -0.39 is 16.1 Å². The largest absolute Gasteiger partial charge is 0.449 e. The minimum Gasteiger partial charge on any atom is -0.449 e. The third-order valence-electron chi connectivity index (χ3n) is 12.6. The van der Waals surface area contributed by atoms with Crippen LogP contribution in [-0.2, 0) is 14.8 Å². The molecule has 242 valence electrons. The van der Waals surface area contributed by atoms with Gasteiger partial charge in [0.1, 0.15) is 6.33 Å². The number of carbonyl (C=O) groups excluding carboxylic acids is 1. The predicted octanol–water partition coefficient (Wildman–Crippen LogP) is 4.34. The number of sulfonamides is 1. The van der Waals surface area contributed by atoms with Gasteiger partial charge in [0.2, 0.25) is 0 Å². The van der Waals surface area contributed by atoms with E-state index >= 15 is 0 Å². The van der Waals surface area contributed by atoms with E-state index in [1.165, 1.54) is 23.1 Å². The molecule has 0 bridgehead atoms. The molecule has 0 spiro atoms. The van der Waals surface area contributed by atoms with Gasteiger partial charge >= 0.3 is 6.09 Å². The van der Waals surface area contributed by atoms with Crippen LogP contribution < -0.4 is 4.72 Å². The Morgan fingerprint density at radius 2 is 1.77 bits per heavy atom. The Hall–Kier alpha value is -2.57. The lowest BCUT2D eigenvalue weighted by molar-refractivity contribution is -0.203. The molecular weight excluding hydrogens is 582 g/mol. The molecule has 4 aliphatic rings. The first-order chi connectivity index (χ1) is 20.9. The number of hydrogen-bond donors (Lipinski definition) is 3. The number of fused-ring (bicyclic) bond motifs is 5. The summed E-state index contributed by atoms with van der Waals surface area (Å²) < 4.78 is 34.6. The van der Waals surface area contributed by atoms with Gasteiger partial charge in [0, 0.05) is 0 Å².